The van der Waals surface area contributed by atoms with E-state index in [-0.39, 0.29) is 6.10 Å². The number of benzene rings is 1. The molecule has 0 fully saturated rings. The van der Waals surface area contributed by atoms with Gasteiger partial charge in [0.1, 0.15) is 5.75 Å². The summed E-state index contributed by atoms with van der Waals surface area (Å²) in [5, 5.41) is 3.32. The van der Waals surface area contributed by atoms with Crippen molar-refractivity contribution in [2.24, 2.45) is 0 Å². The van der Waals surface area contributed by atoms with Gasteiger partial charge in [-0.15, -0.1) is 0 Å². The Balaban J connectivity index is 2.65. The maximum absolute atomic E-state index is 5.81. The zero-order valence-electron chi connectivity index (χ0n) is 10.1. The van der Waals surface area contributed by atoms with E-state index >= 15 is 0 Å². The predicted molar refractivity (Wildman–Crippen MR) is 73.5 cm³/mol. The van der Waals surface area contributed by atoms with Crippen LogP contribution in [-0.4, -0.2) is 24.7 Å². The number of anilines is 2. The molecule has 0 aliphatic heterocycles. The molecule has 16 heavy (non-hydrogen) atoms. The summed E-state index contributed by atoms with van der Waals surface area (Å²) in [6, 6.07) is 5.75. The molecular weight excluding hydrogens is 220 g/mol. The van der Waals surface area contributed by atoms with E-state index in [1.54, 1.807) is 0 Å². The van der Waals surface area contributed by atoms with Crippen LogP contribution in [0, 0.1) is 0 Å². The van der Waals surface area contributed by atoms with E-state index in [4.69, 9.17) is 10.5 Å². The number of hydrogen-bond acceptors (Lipinski definition) is 4. The minimum absolute atomic E-state index is 0.167. The second-order valence-electron chi connectivity index (χ2n) is 3.88. The van der Waals surface area contributed by atoms with Gasteiger partial charge in [-0.2, -0.15) is 11.8 Å². The Hall–Kier alpha value is -1.03. The van der Waals surface area contributed by atoms with Gasteiger partial charge in [0.2, 0.25) is 0 Å². The molecule has 0 saturated heterocycles. The summed E-state index contributed by atoms with van der Waals surface area (Å²) in [4.78, 5) is 0. The van der Waals surface area contributed by atoms with E-state index in [0.717, 1.165) is 29.4 Å². The second kappa shape index (κ2) is 6.53. The van der Waals surface area contributed by atoms with Gasteiger partial charge in [-0.05, 0) is 26.2 Å². The molecule has 0 saturated carbocycles. The van der Waals surface area contributed by atoms with Gasteiger partial charge < -0.3 is 15.8 Å². The van der Waals surface area contributed by atoms with Crippen LogP contribution in [0.4, 0.5) is 11.4 Å². The number of nitrogen functional groups attached to an aromatic ring is 1. The molecule has 1 aromatic carbocycles. The molecule has 4 heteroatoms. The van der Waals surface area contributed by atoms with Crippen molar-refractivity contribution < 1.29 is 4.74 Å². The van der Waals surface area contributed by atoms with Crippen LogP contribution in [0.1, 0.15) is 13.8 Å². The van der Waals surface area contributed by atoms with Crippen LogP contribution in [0.15, 0.2) is 18.2 Å². The van der Waals surface area contributed by atoms with Gasteiger partial charge in [0.15, 0.2) is 0 Å². The van der Waals surface area contributed by atoms with Crippen LogP contribution in [0.5, 0.6) is 5.75 Å². The largest absolute Gasteiger partial charge is 0.491 e. The Bertz CT molecular complexity index is 329. The van der Waals surface area contributed by atoms with E-state index < -0.39 is 0 Å². The first-order valence-corrected chi connectivity index (χ1v) is 6.81. The van der Waals surface area contributed by atoms with Crippen molar-refractivity contribution in [2.75, 3.05) is 29.6 Å². The van der Waals surface area contributed by atoms with E-state index in [1.165, 1.54) is 0 Å². The van der Waals surface area contributed by atoms with Gasteiger partial charge in [-0.25, -0.2) is 0 Å². The molecular formula is C12H20N2OS. The van der Waals surface area contributed by atoms with Crippen molar-refractivity contribution in [1.82, 2.24) is 0 Å². The Kier molecular flexibility index (Phi) is 5.32. The standard InChI is InChI=1S/C12H20N2OS/c1-9(2)15-12-7-10(13)6-11(8-12)14-4-5-16-3/h6-9,14H,4-5,13H2,1-3H3. The van der Waals surface area contributed by atoms with Gasteiger partial charge in [0.25, 0.3) is 0 Å². The third-order valence-corrected chi connectivity index (χ3v) is 2.55. The normalized spacial score (nSPS) is 10.5. The molecule has 0 spiro atoms. The van der Waals surface area contributed by atoms with Crippen LogP contribution < -0.4 is 15.8 Å². The first-order valence-electron chi connectivity index (χ1n) is 5.42. The van der Waals surface area contributed by atoms with E-state index in [9.17, 15) is 0 Å². The molecule has 90 valence electrons. The summed E-state index contributed by atoms with van der Waals surface area (Å²) in [6.45, 7) is 4.94. The Morgan fingerprint density at radius 1 is 1.38 bits per heavy atom. The van der Waals surface area contributed by atoms with E-state index in [1.807, 2.05) is 43.8 Å². The molecule has 0 bridgehead atoms. The maximum atomic E-state index is 5.81. The summed E-state index contributed by atoms with van der Waals surface area (Å²) in [6.07, 6.45) is 2.26. The summed E-state index contributed by atoms with van der Waals surface area (Å²) < 4.78 is 5.62. The fourth-order valence-electron chi connectivity index (χ4n) is 1.36. The molecule has 3 nitrogen and oxygen atoms in total. The highest BCUT2D eigenvalue weighted by molar-refractivity contribution is 7.98. The summed E-state index contributed by atoms with van der Waals surface area (Å²) >= 11 is 1.81. The fraction of sp³-hybridized carbons (Fsp3) is 0.500. The molecule has 1 rings (SSSR count). The van der Waals surface area contributed by atoms with Gasteiger partial charge in [-0.1, -0.05) is 0 Å². The number of rotatable bonds is 6. The molecule has 0 aliphatic rings. The van der Waals surface area contributed by atoms with E-state index in [0.29, 0.717) is 0 Å². The molecule has 0 radical (unpaired) electrons. The minimum Gasteiger partial charge on any atom is -0.491 e. The van der Waals surface area contributed by atoms with Gasteiger partial charge >= 0.3 is 0 Å². The lowest BCUT2D eigenvalue weighted by molar-refractivity contribution is 0.242. The van der Waals surface area contributed by atoms with Crippen LogP contribution in [0.2, 0.25) is 0 Å². The summed E-state index contributed by atoms with van der Waals surface area (Å²) in [5.74, 6) is 1.90. The van der Waals surface area contributed by atoms with Crippen LogP contribution >= 0.6 is 11.8 Å². The zero-order valence-corrected chi connectivity index (χ0v) is 10.9. The fourth-order valence-corrected chi connectivity index (χ4v) is 1.67. The molecule has 0 heterocycles. The van der Waals surface area contributed by atoms with E-state index in [2.05, 4.69) is 11.6 Å². The van der Waals surface area contributed by atoms with Gasteiger partial charge in [0, 0.05) is 35.8 Å². The van der Waals surface area contributed by atoms with Crippen LogP contribution in [-0.2, 0) is 0 Å². The molecule has 0 aromatic heterocycles. The zero-order chi connectivity index (χ0) is 12.0. The maximum Gasteiger partial charge on any atom is 0.123 e. The molecule has 3 N–H and O–H groups in total. The molecule has 1 aromatic rings. The van der Waals surface area contributed by atoms with Gasteiger partial charge in [0.05, 0.1) is 6.10 Å². The molecule has 0 amide bonds. The monoisotopic (exact) mass is 240 g/mol. The SMILES string of the molecule is CSCCNc1cc(N)cc(OC(C)C)c1. The molecule has 0 unspecified atom stereocenters. The Labute approximate surface area is 102 Å². The van der Waals surface area contributed by atoms with Crippen molar-refractivity contribution >= 4 is 23.1 Å². The van der Waals surface area contributed by atoms with Gasteiger partial charge in [-0.3, -0.25) is 0 Å². The Morgan fingerprint density at radius 2 is 2.12 bits per heavy atom. The molecule has 0 aliphatic carbocycles. The lowest BCUT2D eigenvalue weighted by atomic mass is 10.2. The first kappa shape index (κ1) is 13.0. The number of ether oxygens (including phenoxy) is 1. The van der Waals surface area contributed by atoms with Crippen molar-refractivity contribution in [3.8, 4) is 5.75 Å². The highest BCUT2D eigenvalue weighted by Crippen LogP contribution is 2.23. The quantitative estimate of drug-likeness (QED) is 0.593. The number of nitrogens with two attached hydrogens (primary N) is 1. The first-order chi connectivity index (χ1) is 7.61. The number of hydrogen-bond donors (Lipinski definition) is 2. The smallest absolute Gasteiger partial charge is 0.123 e. The summed E-state index contributed by atoms with van der Waals surface area (Å²) in [7, 11) is 0. The average molecular weight is 240 g/mol. The van der Waals surface area contributed by atoms with Crippen molar-refractivity contribution in [1.29, 1.82) is 0 Å². The lowest BCUT2D eigenvalue weighted by Gasteiger charge is -2.13. The lowest BCUT2D eigenvalue weighted by Crippen LogP contribution is -2.08. The Morgan fingerprint density at radius 3 is 2.75 bits per heavy atom. The van der Waals surface area contributed by atoms with Crippen LogP contribution in [0.25, 0.3) is 0 Å². The minimum atomic E-state index is 0.167. The average Bonchev–Trinajstić information content (AvgIpc) is 2.16. The highest BCUT2D eigenvalue weighted by Gasteiger charge is 2.01. The second-order valence-corrected chi connectivity index (χ2v) is 4.86. The topological polar surface area (TPSA) is 47.3 Å². The van der Waals surface area contributed by atoms with Crippen molar-refractivity contribution in [3.05, 3.63) is 18.2 Å². The third kappa shape index (κ3) is 4.66. The molecule has 0 atom stereocenters. The highest BCUT2D eigenvalue weighted by atomic mass is 32.2. The number of thioether (sulfide) groups is 1. The summed E-state index contributed by atoms with van der Waals surface area (Å²) in [5.41, 5.74) is 7.56. The number of nitrogens with one attached hydrogen (secondary N) is 1. The van der Waals surface area contributed by atoms with Crippen molar-refractivity contribution in [2.45, 2.75) is 20.0 Å². The van der Waals surface area contributed by atoms with Crippen LogP contribution in [0.3, 0.4) is 0 Å². The third-order valence-electron chi connectivity index (χ3n) is 1.94. The predicted octanol–water partition coefficient (Wildman–Crippen LogP) is 2.83. The van der Waals surface area contributed by atoms with Crippen molar-refractivity contribution in [3.63, 3.8) is 0 Å².